The maximum Gasteiger partial charge on any atom is -0.0169 e. The Hall–Kier alpha value is -1.04. The van der Waals surface area contributed by atoms with E-state index in [9.17, 15) is 0 Å². The van der Waals surface area contributed by atoms with Gasteiger partial charge in [-0.3, -0.25) is 0 Å². The van der Waals surface area contributed by atoms with Crippen molar-refractivity contribution >= 4 is 0 Å². The summed E-state index contributed by atoms with van der Waals surface area (Å²) in [7, 11) is 0. The lowest BCUT2D eigenvalue weighted by Crippen LogP contribution is -1.73. The maximum absolute atomic E-state index is 3.86. The molecule has 0 aromatic rings. The van der Waals surface area contributed by atoms with Crippen molar-refractivity contribution in [2.75, 3.05) is 0 Å². The molecule has 0 bridgehead atoms. The van der Waals surface area contributed by atoms with Crippen LogP contribution in [-0.2, 0) is 0 Å². The van der Waals surface area contributed by atoms with Crippen LogP contribution in [0.15, 0.2) is 48.6 Å². The maximum atomic E-state index is 3.86. The fraction of sp³-hybridized carbons (Fsp3) is 0.591. The van der Waals surface area contributed by atoms with Crippen molar-refractivity contribution in [3.8, 4) is 0 Å². The molecular formula is C22H37. The van der Waals surface area contributed by atoms with E-state index in [1.807, 2.05) is 0 Å². The van der Waals surface area contributed by atoms with E-state index in [1.54, 1.807) is 0 Å². The summed E-state index contributed by atoms with van der Waals surface area (Å²) in [4.78, 5) is 0. The predicted molar refractivity (Wildman–Crippen MR) is 103 cm³/mol. The van der Waals surface area contributed by atoms with E-state index in [2.05, 4.69) is 62.5 Å². The molecule has 0 aliphatic heterocycles. The lowest BCUT2D eigenvalue weighted by atomic mass is 10.1. The van der Waals surface area contributed by atoms with Gasteiger partial charge < -0.3 is 0 Å². The zero-order valence-corrected chi connectivity index (χ0v) is 14.8. The third-order valence-electron chi connectivity index (χ3n) is 3.58. The van der Waals surface area contributed by atoms with Gasteiger partial charge in [-0.05, 0) is 44.9 Å². The molecule has 1 radical (unpaired) electrons. The largest absolute Gasteiger partial charge is 0.0882 e. The minimum absolute atomic E-state index is 1.06. The van der Waals surface area contributed by atoms with Crippen LogP contribution in [0.4, 0.5) is 0 Å². The molecule has 0 saturated heterocycles. The number of unbranched alkanes of at least 4 members (excludes halogenated alkanes) is 7. The molecular weight excluding hydrogens is 264 g/mol. The van der Waals surface area contributed by atoms with Gasteiger partial charge in [-0.15, -0.1) is 0 Å². The summed E-state index contributed by atoms with van der Waals surface area (Å²) >= 11 is 0. The van der Waals surface area contributed by atoms with Crippen LogP contribution < -0.4 is 0 Å². The van der Waals surface area contributed by atoms with Gasteiger partial charge in [-0.2, -0.15) is 0 Å². The van der Waals surface area contributed by atoms with E-state index < -0.39 is 0 Å². The van der Waals surface area contributed by atoms with Crippen molar-refractivity contribution in [2.24, 2.45) is 0 Å². The first-order chi connectivity index (χ1) is 10.9. The van der Waals surface area contributed by atoms with E-state index in [-0.39, 0.29) is 0 Å². The Morgan fingerprint density at radius 1 is 0.545 bits per heavy atom. The van der Waals surface area contributed by atoms with Crippen molar-refractivity contribution in [1.29, 1.82) is 0 Å². The summed E-state index contributed by atoms with van der Waals surface area (Å²) in [5.74, 6) is 0. The van der Waals surface area contributed by atoms with Crippen LogP contribution in [0.25, 0.3) is 0 Å². The SMILES string of the molecule is [CH2]CCCCC/C=C\CC=CCC=CCC=CCCCCC. The molecule has 0 nitrogen and oxygen atoms in total. The van der Waals surface area contributed by atoms with E-state index in [4.69, 9.17) is 0 Å². The normalized spacial score (nSPS) is 12.6. The van der Waals surface area contributed by atoms with Crippen molar-refractivity contribution < 1.29 is 0 Å². The molecule has 0 atom stereocenters. The van der Waals surface area contributed by atoms with E-state index >= 15 is 0 Å². The topological polar surface area (TPSA) is 0 Å². The molecule has 0 N–H and O–H groups in total. The number of hydrogen-bond donors (Lipinski definition) is 0. The molecule has 0 aromatic carbocycles. The van der Waals surface area contributed by atoms with E-state index in [0.29, 0.717) is 0 Å². The second-order valence-electron chi connectivity index (χ2n) is 5.79. The fourth-order valence-corrected chi connectivity index (χ4v) is 2.18. The van der Waals surface area contributed by atoms with Gasteiger partial charge in [0.05, 0.1) is 0 Å². The third kappa shape index (κ3) is 19.0. The average Bonchev–Trinajstić information content (AvgIpc) is 2.54. The van der Waals surface area contributed by atoms with E-state index in [0.717, 1.165) is 25.7 Å². The Morgan fingerprint density at radius 3 is 1.45 bits per heavy atom. The van der Waals surface area contributed by atoms with Gasteiger partial charge in [0.15, 0.2) is 0 Å². The molecule has 0 rings (SSSR count). The Kier molecular flexibility index (Phi) is 19.0. The van der Waals surface area contributed by atoms with Gasteiger partial charge in [-0.25, -0.2) is 0 Å². The molecule has 22 heavy (non-hydrogen) atoms. The van der Waals surface area contributed by atoms with Gasteiger partial charge in [0.2, 0.25) is 0 Å². The summed E-state index contributed by atoms with van der Waals surface area (Å²) in [6, 6.07) is 0. The van der Waals surface area contributed by atoms with Crippen LogP contribution in [0.3, 0.4) is 0 Å². The highest BCUT2D eigenvalue weighted by Crippen LogP contribution is 2.03. The molecule has 0 unspecified atom stereocenters. The van der Waals surface area contributed by atoms with Crippen molar-refractivity contribution in [2.45, 2.75) is 84.0 Å². The molecule has 0 amide bonds. The smallest absolute Gasteiger partial charge is 0.0169 e. The van der Waals surface area contributed by atoms with Crippen LogP contribution in [0, 0.1) is 6.92 Å². The summed E-state index contributed by atoms with van der Waals surface area (Å²) in [5, 5.41) is 0. The lowest BCUT2D eigenvalue weighted by molar-refractivity contribution is 0.694. The molecule has 0 aliphatic rings. The molecule has 0 heteroatoms. The summed E-state index contributed by atoms with van der Waals surface area (Å²) in [5.41, 5.74) is 0. The monoisotopic (exact) mass is 301 g/mol. The van der Waals surface area contributed by atoms with Gasteiger partial charge >= 0.3 is 0 Å². The van der Waals surface area contributed by atoms with Gasteiger partial charge in [0.1, 0.15) is 0 Å². The number of rotatable bonds is 15. The summed E-state index contributed by atoms with van der Waals surface area (Å²) in [6.07, 6.45) is 32.9. The van der Waals surface area contributed by atoms with Crippen molar-refractivity contribution in [3.63, 3.8) is 0 Å². The lowest BCUT2D eigenvalue weighted by Gasteiger charge is -1.93. The highest BCUT2D eigenvalue weighted by atomic mass is 13.9. The zero-order chi connectivity index (χ0) is 16.1. The van der Waals surface area contributed by atoms with Crippen LogP contribution in [-0.4, -0.2) is 0 Å². The van der Waals surface area contributed by atoms with Crippen LogP contribution in [0.5, 0.6) is 0 Å². The molecule has 0 spiro atoms. The molecule has 0 saturated carbocycles. The molecule has 0 fully saturated rings. The Morgan fingerprint density at radius 2 is 1.00 bits per heavy atom. The highest BCUT2D eigenvalue weighted by molar-refractivity contribution is 4.99. The molecule has 0 aromatic heterocycles. The highest BCUT2D eigenvalue weighted by Gasteiger charge is 1.83. The van der Waals surface area contributed by atoms with Crippen LogP contribution in [0.2, 0.25) is 0 Å². The number of hydrogen-bond acceptors (Lipinski definition) is 0. The summed E-state index contributed by atoms with van der Waals surface area (Å²) in [6.45, 7) is 6.11. The van der Waals surface area contributed by atoms with Gasteiger partial charge in [-0.1, -0.05) is 94.6 Å². The Labute approximate surface area is 140 Å². The summed E-state index contributed by atoms with van der Waals surface area (Å²) < 4.78 is 0. The second kappa shape index (κ2) is 20.0. The fourth-order valence-electron chi connectivity index (χ4n) is 2.18. The molecule has 125 valence electrons. The Bertz CT molecular complexity index is 304. The quantitative estimate of drug-likeness (QED) is 0.214. The van der Waals surface area contributed by atoms with Crippen LogP contribution >= 0.6 is 0 Å². The van der Waals surface area contributed by atoms with Crippen LogP contribution in [0.1, 0.15) is 84.0 Å². The molecule has 0 heterocycles. The number of allylic oxidation sites excluding steroid dienone is 8. The third-order valence-corrected chi connectivity index (χ3v) is 3.58. The van der Waals surface area contributed by atoms with Gasteiger partial charge in [0, 0.05) is 0 Å². The minimum atomic E-state index is 1.06. The molecule has 0 aliphatic carbocycles. The van der Waals surface area contributed by atoms with Crippen molar-refractivity contribution in [3.05, 3.63) is 55.5 Å². The first-order valence-corrected chi connectivity index (χ1v) is 9.31. The van der Waals surface area contributed by atoms with Crippen molar-refractivity contribution in [1.82, 2.24) is 0 Å². The predicted octanol–water partition coefficient (Wildman–Crippen LogP) is 7.75. The van der Waals surface area contributed by atoms with Gasteiger partial charge in [0.25, 0.3) is 0 Å². The first-order valence-electron chi connectivity index (χ1n) is 9.31. The minimum Gasteiger partial charge on any atom is -0.0882 e. The van der Waals surface area contributed by atoms with E-state index in [1.165, 1.54) is 51.4 Å². The first kappa shape index (κ1) is 21.0. The average molecular weight is 302 g/mol. The zero-order valence-electron chi connectivity index (χ0n) is 14.8. The standard InChI is InChI=1S/C22H37/c1-3-5-7-9-11-13-15-17-19-21-22-20-18-16-14-12-10-8-6-4-2/h12-15,18-21H,1,3-11,16-17,22H2,2H3/b14-12?,15-13-,20-18?,21-19?. The second-order valence-corrected chi connectivity index (χ2v) is 5.79. The Balaban J connectivity index is 3.35.